The Morgan fingerprint density at radius 1 is 1.30 bits per heavy atom. The summed E-state index contributed by atoms with van der Waals surface area (Å²) in [7, 11) is 0. The highest BCUT2D eigenvalue weighted by Crippen LogP contribution is 2.30. The first-order valence-electron chi connectivity index (χ1n) is 8.55. The van der Waals surface area contributed by atoms with Gasteiger partial charge in [0.25, 0.3) is 0 Å². The first kappa shape index (κ1) is 19.7. The molecule has 0 amide bonds. The maximum absolute atomic E-state index is 12.0. The summed E-state index contributed by atoms with van der Waals surface area (Å²) in [5.41, 5.74) is 0. The summed E-state index contributed by atoms with van der Waals surface area (Å²) in [4.78, 5) is 16.0. The van der Waals surface area contributed by atoms with E-state index in [9.17, 15) is 4.79 Å². The second-order valence-electron chi connectivity index (χ2n) is 6.04. The summed E-state index contributed by atoms with van der Waals surface area (Å²) < 4.78 is 21.9. The van der Waals surface area contributed by atoms with Gasteiger partial charge in [0.2, 0.25) is 5.88 Å². The van der Waals surface area contributed by atoms with Crippen LogP contribution in [0.25, 0.3) is 0 Å². The van der Waals surface area contributed by atoms with E-state index in [2.05, 4.69) is 4.98 Å². The van der Waals surface area contributed by atoms with E-state index in [1.54, 1.807) is 37.3 Å². The Balaban J connectivity index is 1.51. The van der Waals surface area contributed by atoms with Crippen LogP contribution in [0.3, 0.4) is 0 Å². The van der Waals surface area contributed by atoms with Crippen LogP contribution in [0.1, 0.15) is 19.8 Å². The van der Waals surface area contributed by atoms with Gasteiger partial charge in [-0.15, -0.1) is 0 Å². The number of ether oxygens (including phenoxy) is 4. The molecule has 0 saturated carbocycles. The highest BCUT2D eigenvalue weighted by molar-refractivity contribution is 6.35. The van der Waals surface area contributed by atoms with Crippen molar-refractivity contribution in [3.05, 3.63) is 46.6 Å². The van der Waals surface area contributed by atoms with Crippen molar-refractivity contribution < 1.29 is 23.7 Å². The number of carbonyl (C=O) groups is 1. The van der Waals surface area contributed by atoms with Crippen LogP contribution in [-0.2, 0) is 14.3 Å². The van der Waals surface area contributed by atoms with Crippen molar-refractivity contribution >= 4 is 29.2 Å². The van der Waals surface area contributed by atoms with Crippen LogP contribution in [0.2, 0.25) is 10.0 Å². The van der Waals surface area contributed by atoms with Crippen LogP contribution in [-0.4, -0.2) is 36.4 Å². The molecule has 2 aromatic rings. The molecule has 3 rings (SSSR count). The van der Waals surface area contributed by atoms with Crippen molar-refractivity contribution in [3.8, 4) is 17.4 Å². The molecule has 1 fully saturated rings. The fourth-order valence-corrected chi connectivity index (χ4v) is 2.91. The smallest absolute Gasteiger partial charge is 0.347 e. The molecular weight excluding hydrogens is 393 g/mol. The largest absolute Gasteiger partial charge is 0.479 e. The number of benzene rings is 1. The summed E-state index contributed by atoms with van der Waals surface area (Å²) in [6.07, 6.45) is 2.62. The summed E-state index contributed by atoms with van der Waals surface area (Å²) in [5, 5.41) is 0.738. The fraction of sp³-hybridized carbons (Fsp3) is 0.368. The topological polar surface area (TPSA) is 66.9 Å². The van der Waals surface area contributed by atoms with Crippen LogP contribution >= 0.6 is 23.2 Å². The van der Waals surface area contributed by atoms with Gasteiger partial charge in [-0.05, 0) is 50.1 Å². The van der Waals surface area contributed by atoms with E-state index in [1.807, 2.05) is 0 Å². The lowest BCUT2D eigenvalue weighted by atomic mass is 10.2. The van der Waals surface area contributed by atoms with Gasteiger partial charge in [-0.3, -0.25) is 0 Å². The average molecular weight is 412 g/mol. The Morgan fingerprint density at radius 3 is 2.70 bits per heavy atom. The van der Waals surface area contributed by atoms with Crippen molar-refractivity contribution in [3.63, 3.8) is 0 Å². The molecule has 0 N–H and O–H groups in total. The van der Waals surface area contributed by atoms with Crippen LogP contribution < -0.4 is 9.47 Å². The van der Waals surface area contributed by atoms with E-state index >= 15 is 0 Å². The summed E-state index contributed by atoms with van der Waals surface area (Å²) >= 11 is 11.8. The molecule has 1 saturated heterocycles. The van der Waals surface area contributed by atoms with Gasteiger partial charge >= 0.3 is 5.97 Å². The van der Waals surface area contributed by atoms with Crippen LogP contribution in [0.5, 0.6) is 17.4 Å². The minimum absolute atomic E-state index is 0.00844. The summed E-state index contributed by atoms with van der Waals surface area (Å²) in [6, 6.07) is 8.29. The zero-order valence-corrected chi connectivity index (χ0v) is 16.2. The number of carbonyl (C=O) groups excluding carboxylic acids is 1. The Morgan fingerprint density at radius 2 is 2.04 bits per heavy atom. The quantitative estimate of drug-likeness (QED) is 0.616. The number of hydrogen-bond acceptors (Lipinski definition) is 6. The number of aromatic nitrogens is 1. The SMILES string of the molecule is CC(Oc1ccc(Oc2ncc(Cl)cc2Cl)cc1)C(=O)OCC1CCCO1. The lowest BCUT2D eigenvalue weighted by molar-refractivity contribution is -0.154. The minimum Gasteiger partial charge on any atom is -0.479 e. The Bertz CT molecular complexity index is 778. The van der Waals surface area contributed by atoms with Crippen LogP contribution in [0.4, 0.5) is 0 Å². The molecule has 1 aliphatic rings. The average Bonchev–Trinajstić information content (AvgIpc) is 3.17. The highest BCUT2D eigenvalue weighted by Gasteiger charge is 2.21. The standard InChI is InChI=1S/C19H19Cl2NO5/c1-12(19(23)25-11-16-3-2-8-24-16)26-14-4-6-15(7-5-14)27-18-17(21)9-13(20)10-22-18/h4-7,9-10,12,16H,2-3,8,11H2,1H3. The lowest BCUT2D eigenvalue weighted by Gasteiger charge is -2.16. The van der Waals surface area contributed by atoms with Crippen LogP contribution in [0.15, 0.2) is 36.5 Å². The van der Waals surface area contributed by atoms with Gasteiger partial charge in [0.1, 0.15) is 23.1 Å². The number of halogens is 2. The second-order valence-corrected chi connectivity index (χ2v) is 6.88. The molecule has 27 heavy (non-hydrogen) atoms. The third-order valence-corrected chi connectivity index (χ3v) is 4.37. The van der Waals surface area contributed by atoms with E-state index in [0.29, 0.717) is 21.5 Å². The van der Waals surface area contributed by atoms with Gasteiger partial charge in [-0.2, -0.15) is 0 Å². The molecule has 0 spiro atoms. The molecule has 2 unspecified atom stereocenters. The van der Waals surface area contributed by atoms with Crippen molar-refractivity contribution in [2.45, 2.75) is 32.0 Å². The van der Waals surface area contributed by atoms with Gasteiger partial charge < -0.3 is 18.9 Å². The van der Waals surface area contributed by atoms with Gasteiger partial charge in [0.05, 0.1) is 11.1 Å². The molecule has 0 bridgehead atoms. The highest BCUT2D eigenvalue weighted by atomic mass is 35.5. The van der Waals surface area contributed by atoms with E-state index in [1.165, 1.54) is 6.20 Å². The third-order valence-electron chi connectivity index (χ3n) is 3.89. The molecule has 0 aliphatic carbocycles. The first-order valence-corrected chi connectivity index (χ1v) is 9.30. The first-order chi connectivity index (χ1) is 13.0. The molecule has 6 nitrogen and oxygen atoms in total. The molecule has 2 heterocycles. The molecule has 1 aliphatic heterocycles. The number of rotatable bonds is 7. The minimum atomic E-state index is -0.731. The van der Waals surface area contributed by atoms with Crippen molar-refractivity contribution in [2.75, 3.05) is 13.2 Å². The van der Waals surface area contributed by atoms with E-state index in [-0.39, 0.29) is 18.6 Å². The maximum atomic E-state index is 12.0. The van der Waals surface area contributed by atoms with Crippen molar-refractivity contribution in [1.29, 1.82) is 0 Å². The monoisotopic (exact) mass is 411 g/mol. The molecule has 2 atom stereocenters. The number of esters is 1. The zero-order valence-electron chi connectivity index (χ0n) is 14.7. The molecule has 0 radical (unpaired) electrons. The van der Waals surface area contributed by atoms with E-state index < -0.39 is 12.1 Å². The molecule has 1 aromatic carbocycles. The summed E-state index contributed by atoms with van der Waals surface area (Å²) in [5.74, 6) is 0.857. The van der Waals surface area contributed by atoms with E-state index in [0.717, 1.165) is 19.4 Å². The number of hydrogen-bond donors (Lipinski definition) is 0. The predicted molar refractivity (Wildman–Crippen MR) is 101 cm³/mol. The molecule has 1 aromatic heterocycles. The molecule has 144 valence electrons. The zero-order chi connectivity index (χ0) is 19.2. The Labute approximate surface area is 167 Å². The number of nitrogens with zero attached hydrogens (tertiary/aromatic N) is 1. The molecule has 8 heteroatoms. The second kappa shape index (κ2) is 9.26. The third kappa shape index (κ3) is 5.73. The van der Waals surface area contributed by atoms with Crippen LogP contribution in [0, 0.1) is 0 Å². The summed E-state index contributed by atoms with van der Waals surface area (Å²) in [6.45, 7) is 2.62. The molecular formula is C19H19Cl2NO5. The van der Waals surface area contributed by atoms with Crippen molar-refractivity contribution in [2.24, 2.45) is 0 Å². The fourth-order valence-electron chi connectivity index (χ4n) is 2.50. The van der Waals surface area contributed by atoms with Gasteiger partial charge in [0.15, 0.2) is 6.10 Å². The van der Waals surface area contributed by atoms with Gasteiger partial charge in [0, 0.05) is 12.8 Å². The predicted octanol–water partition coefficient (Wildman–Crippen LogP) is 4.67. The van der Waals surface area contributed by atoms with Gasteiger partial charge in [-0.1, -0.05) is 23.2 Å². The maximum Gasteiger partial charge on any atom is 0.347 e. The number of pyridine rings is 1. The van der Waals surface area contributed by atoms with Crippen molar-refractivity contribution in [1.82, 2.24) is 4.98 Å². The lowest BCUT2D eigenvalue weighted by Crippen LogP contribution is -2.29. The normalized spacial score (nSPS) is 17.4. The Kier molecular flexibility index (Phi) is 6.77. The van der Waals surface area contributed by atoms with E-state index in [4.69, 9.17) is 42.1 Å². The Hall–Kier alpha value is -2.02. The van der Waals surface area contributed by atoms with Gasteiger partial charge in [-0.25, -0.2) is 9.78 Å².